The molecule has 0 aromatic heterocycles. The van der Waals surface area contributed by atoms with Crippen molar-refractivity contribution in [1.82, 2.24) is 4.72 Å². The molecule has 1 aliphatic carbocycles. The summed E-state index contributed by atoms with van der Waals surface area (Å²) in [4.78, 5) is 0.201. The van der Waals surface area contributed by atoms with E-state index in [0.717, 1.165) is 12.8 Å². The van der Waals surface area contributed by atoms with Crippen LogP contribution in [0, 0.1) is 5.92 Å². The molecule has 0 bridgehead atoms. The lowest BCUT2D eigenvalue weighted by molar-refractivity contribution is 0.495. The van der Waals surface area contributed by atoms with Gasteiger partial charge in [-0.2, -0.15) is 0 Å². The van der Waals surface area contributed by atoms with Gasteiger partial charge in [0.25, 0.3) is 0 Å². The molecule has 2 rings (SSSR count). The van der Waals surface area contributed by atoms with Crippen molar-refractivity contribution >= 4 is 15.7 Å². The smallest absolute Gasteiger partial charge is 0.242 e. The van der Waals surface area contributed by atoms with Crippen molar-refractivity contribution in [2.24, 2.45) is 11.8 Å². The highest BCUT2D eigenvalue weighted by Gasteiger charge is 2.28. The number of nitrogens with one attached hydrogen (secondary N) is 2. The van der Waals surface area contributed by atoms with Crippen molar-refractivity contribution < 1.29 is 8.42 Å². The Hall–Kier alpha value is -1.11. The lowest BCUT2D eigenvalue weighted by Crippen LogP contribution is -2.35. The number of nitrogens with two attached hydrogens (primary N) is 1. The maximum absolute atomic E-state index is 12.4. The number of nitrogen functional groups attached to an aromatic ring is 1. The minimum absolute atomic E-state index is 0.00308. The van der Waals surface area contributed by atoms with Crippen LogP contribution in [0.1, 0.15) is 32.6 Å². The van der Waals surface area contributed by atoms with Crippen molar-refractivity contribution in [3.05, 3.63) is 24.3 Å². The minimum atomic E-state index is -3.52. The third-order valence-corrected chi connectivity index (χ3v) is 5.04. The van der Waals surface area contributed by atoms with E-state index in [9.17, 15) is 8.42 Å². The van der Waals surface area contributed by atoms with Crippen LogP contribution in [0.5, 0.6) is 0 Å². The highest BCUT2D eigenvalue weighted by molar-refractivity contribution is 7.89. The summed E-state index contributed by atoms with van der Waals surface area (Å²) in [5, 5.41) is 0. The second-order valence-electron chi connectivity index (χ2n) is 5.05. The number of hydrazine groups is 1. The molecule has 4 N–H and O–H groups in total. The van der Waals surface area contributed by atoms with E-state index in [1.165, 1.54) is 12.8 Å². The third-order valence-electron chi connectivity index (χ3n) is 3.46. The van der Waals surface area contributed by atoms with Gasteiger partial charge >= 0.3 is 0 Å². The molecule has 1 fully saturated rings. The van der Waals surface area contributed by atoms with E-state index in [1.807, 2.05) is 6.92 Å². The monoisotopic (exact) mass is 283 g/mol. The number of anilines is 1. The summed E-state index contributed by atoms with van der Waals surface area (Å²) < 4.78 is 27.5. The molecule has 1 unspecified atom stereocenters. The zero-order valence-electron chi connectivity index (χ0n) is 11.1. The summed E-state index contributed by atoms with van der Waals surface area (Å²) in [5.74, 6) is 6.05. The zero-order chi connectivity index (χ0) is 13.9. The Morgan fingerprint density at radius 2 is 2.05 bits per heavy atom. The van der Waals surface area contributed by atoms with E-state index in [1.54, 1.807) is 24.3 Å². The van der Waals surface area contributed by atoms with Crippen LogP contribution in [0.4, 0.5) is 5.69 Å². The van der Waals surface area contributed by atoms with Crippen LogP contribution in [0.3, 0.4) is 0 Å². The average molecular weight is 283 g/mol. The SMILES string of the molecule is CCC(CC1CC1)NS(=O)(=O)c1ccccc1NN. The van der Waals surface area contributed by atoms with Gasteiger partial charge in [0.15, 0.2) is 0 Å². The zero-order valence-corrected chi connectivity index (χ0v) is 11.9. The van der Waals surface area contributed by atoms with Gasteiger partial charge < -0.3 is 5.43 Å². The Labute approximate surface area is 114 Å². The summed E-state index contributed by atoms with van der Waals surface area (Å²) in [6, 6.07) is 6.65. The molecule has 1 aromatic rings. The summed E-state index contributed by atoms with van der Waals surface area (Å²) >= 11 is 0. The Bertz CT molecular complexity index is 526. The summed E-state index contributed by atoms with van der Waals surface area (Å²) in [5.41, 5.74) is 2.84. The number of hydrogen-bond acceptors (Lipinski definition) is 4. The highest BCUT2D eigenvalue weighted by atomic mass is 32.2. The molecule has 0 saturated heterocycles. The van der Waals surface area contributed by atoms with Crippen molar-refractivity contribution in [3.8, 4) is 0 Å². The van der Waals surface area contributed by atoms with Crippen molar-refractivity contribution in [2.45, 2.75) is 43.5 Å². The molecular formula is C13H21N3O2S. The normalized spacial score (nSPS) is 17.2. The van der Waals surface area contributed by atoms with Gasteiger partial charge in [-0.15, -0.1) is 0 Å². The molecule has 0 radical (unpaired) electrons. The van der Waals surface area contributed by atoms with Gasteiger partial charge in [0.2, 0.25) is 10.0 Å². The second kappa shape index (κ2) is 5.90. The predicted molar refractivity (Wildman–Crippen MR) is 76.0 cm³/mol. The molecule has 19 heavy (non-hydrogen) atoms. The fourth-order valence-electron chi connectivity index (χ4n) is 2.16. The molecule has 106 valence electrons. The van der Waals surface area contributed by atoms with Crippen molar-refractivity contribution in [1.29, 1.82) is 0 Å². The molecule has 5 nitrogen and oxygen atoms in total. The number of rotatable bonds is 7. The van der Waals surface area contributed by atoms with Crippen LogP contribution in [0.2, 0.25) is 0 Å². The maximum atomic E-state index is 12.4. The number of para-hydroxylation sites is 1. The van der Waals surface area contributed by atoms with Gasteiger partial charge in [0.1, 0.15) is 4.90 Å². The van der Waals surface area contributed by atoms with Crippen molar-refractivity contribution in [2.75, 3.05) is 5.43 Å². The van der Waals surface area contributed by atoms with Crippen LogP contribution < -0.4 is 16.0 Å². The predicted octanol–water partition coefficient (Wildman–Crippen LogP) is 1.83. The first-order valence-corrected chi connectivity index (χ1v) is 8.13. The second-order valence-corrected chi connectivity index (χ2v) is 6.73. The van der Waals surface area contributed by atoms with Crippen molar-refractivity contribution in [3.63, 3.8) is 0 Å². The molecule has 1 aromatic carbocycles. The molecule has 1 atom stereocenters. The quantitative estimate of drug-likeness (QED) is 0.526. The maximum Gasteiger partial charge on any atom is 0.242 e. The Kier molecular flexibility index (Phi) is 4.44. The Morgan fingerprint density at radius 1 is 1.37 bits per heavy atom. The summed E-state index contributed by atoms with van der Waals surface area (Å²) in [6.07, 6.45) is 4.17. The summed E-state index contributed by atoms with van der Waals surface area (Å²) in [6.45, 7) is 2.00. The topological polar surface area (TPSA) is 84.2 Å². The van der Waals surface area contributed by atoms with Gasteiger partial charge in [-0.05, 0) is 30.9 Å². The molecular weight excluding hydrogens is 262 g/mol. The first-order chi connectivity index (χ1) is 9.06. The van der Waals surface area contributed by atoms with Gasteiger partial charge in [0.05, 0.1) is 5.69 Å². The third kappa shape index (κ3) is 3.68. The molecule has 0 amide bonds. The van der Waals surface area contributed by atoms with Gasteiger partial charge in [-0.3, -0.25) is 5.84 Å². The standard InChI is InChI=1S/C13H21N3O2S/c1-2-11(9-10-7-8-10)16-19(17,18)13-6-4-3-5-12(13)15-14/h3-6,10-11,15-16H,2,7-9,14H2,1H3. The van der Waals surface area contributed by atoms with E-state index in [2.05, 4.69) is 10.1 Å². The molecule has 1 aliphatic rings. The van der Waals surface area contributed by atoms with E-state index in [-0.39, 0.29) is 10.9 Å². The van der Waals surface area contributed by atoms with E-state index in [4.69, 9.17) is 5.84 Å². The van der Waals surface area contributed by atoms with Crippen LogP contribution >= 0.6 is 0 Å². The fraction of sp³-hybridized carbons (Fsp3) is 0.538. The fourth-order valence-corrected chi connectivity index (χ4v) is 3.66. The summed E-state index contributed by atoms with van der Waals surface area (Å²) in [7, 11) is -3.52. The van der Waals surface area contributed by atoms with E-state index < -0.39 is 10.0 Å². The molecule has 0 aliphatic heterocycles. The number of sulfonamides is 1. The molecule has 6 heteroatoms. The van der Waals surface area contributed by atoms with E-state index >= 15 is 0 Å². The van der Waals surface area contributed by atoms with Gasteiger partial charge in [-0.25, -0.2) is 13.1 Å². The lowest BCUT2D eigenvalue weighted by Gasteiger charge is -2.18. The Morgan fingerprint density at radius 3 is 2.63 bits per heavy atom. The Balaban J connectivity index is 2.15. The first-order valence-electron chi connectivity index (χ1n) is 6.64. The van der Waals surface area contributed by atoms with Crippen LogP contribution in [0.15, 0.2) is 29.2 Å². The van der Waals surface area contributed by atoms with E-state index in [0.29, 0.717) is 11.6 Å². The van der Waals surface area contributed by atoms with Gasteiger partial charge in [-0.1, -0.05) is 31.9 Å². The first kappa shape index (κ1) is 14.3. The van der Waals surface area contributed by atoms with Crippen LogP contribution in [-0.4, -0.2) is 14.5 Å². The highest BCUT2D eigenvalue weighted by Crippen LogP contribution is 2.34. The number of benzene rings is 1. The van der Waals surface area contributed by atoms with Gasteiger partial charge in [0, 0.05) is 6.04 Å². The lowest BCUT2D eigenvalue weighted by atomic mass is 10.1. The number of hydrogen-bond donors (Lipinski definition) is 3. The van der Waals surface area contributed by atoms with Crippen LogP contribution in [0.25, 0.3) is 0 Å². The average Bonchev–Trinajstić information content (AvgIpc) is 3.21. The largest absolute Gasteiger partial charge is 0.323 e. The molecule has 0 spiro atoms. The molecule has 0 heterocycles. The van der Waals surface area contributed by atoms with Crippen LogP contribution in [-0.2, 0) is 10.0 Å². The minimum Gasteiger partial charge on any atom is -0.323 e. The molecule has 1 saturated carbocycles.